The zero-order chi connectivity index (χ0) is 47.6. The average Bonchev–Trinajstić information content (AvgIpc) is 3.27. The van der Waals surface area contributed by atoms with Crippen molar-refractivity contribution in [2.75, 3.05) is 19.0 Å². The van der Waals surface area contributed by atoms with Crippen LogP contribution < -0.4 is 0 Å². The summed E-state index contributed by atoms with van der Waals surface area (Å²) in [6.07, 6.45) is 40.6. The van der Waals surface area contributed by atoms with Crippen LogP contribution in [0.5, 0.6) is 0 Å². The molecule has 2 unspecified atom stereocenters. The van der Waals surface area contributed by atoms with Crippen molar-refractivity contribution in [3.63, 3.8) is 0 Å². The van der Waals surface area contributed by atoms with E-state index in [1.165, 1.54) is 128 Å². The maximum absolute atomic E-state index is 12.8. The number of carbonyl (C=O) groups excluding carboxylic acids is 2. The molecule has 0 amide bonds. The maximum atomic E-state index is 12.8. The van der Waals surface area contributed by atoms with Crippen LogP contribution in [0.1, 0.15) is 226 Å². The summed E-state index contributed by atoms with van der Waals surface area (Å²) < 4.78 is 54.1. The average molecular weight is 943 g/mol. The predicted octanol–water partition coefficient (Wildman–Crippen LogP) is 11.7. The van der Waals surface area contributed by atoms with Crippen molar-refractivity contribution in [2.45, 2.75) is 263 Å². The van der Waals surface area contributed by atoms with Gasteiger partial charge in [-0.3, -0.25) is 14.1 Å². The van der Waals surface area contributed by atoms with Crippen LogP contribution in [0, 0.1) is 0 Å². The van der Waals surface area contributed by atoms with Crippen LogP contribution in [-0.4, -0.2) is 96.0 Å². The van der Waals surface area contributed by atoms with E-state index in [-0.39, 0.29) is 19.4 Å². The molecule has 1 saturated heterocycles. The molecule has 1 heterocycles. The van der Waals surface area contributed by atoms with Gasteiger partial charge in [-0.1, -0.05) is 192 Å². The van der Waals surface area contributed by atoms with Crippen LogP contribution in [0.15, 0.2) is 36.5 Å². The van der Waals surface area contributed by atoms with Gasteiger partial charge in [-0.05, 0) is 57.8 Å². The molecule has 12 nitrogen and oxygen atoms in total. The van der Waals surface area contributed by atoms with E-state index in [1.54, 1.807) is 0 Å². The van der Waals surface area contributed by atoms with Crippen molar-refractivity contribution >= 4 is 22.1 Å². The molecule has 1 aliphatic rings. The van der Waals surface area contributed by atoms with Gasteiger partial charge >= 0.3 is 11.9 Å². The Morgan fingerprint density at radius 3 is 1.46 bits per heavy atom. The fourth-order valence-corrected chi connectivity index (χ4v) is 8.57. The molecule has 0 saturated carbocycles. The van der Waals surface area contributed by atoms with E-state index in [4.69, 9.17) is 18.9 Å². The Hall–Kier alpha value is -2.13. The summed E-state index contributed by atoms with van der Waals surface area (Å²) in [4.78, 5) is 25.5. The summed E-state index contributed by atoms with van der Waals surface area (Å²) >= 11 is 0. The lowest BCUT2D eigenvalue weighted by Gasteiger charge is -2.40. The molecule has 1 fully saturated rings. The molecule has 0 spiro atoms. The Balaban J connectivity index is 2.35. The third kappa shape index (κ3) is 36.6. The normalized spacial score (nSPS) is 19.8. The highest BCUT2D eigenvalue weighted by atomic mass is 32.2. The molecular formula is C52H94O12S. The second kappa shape index (κ2) is 42.0. The minimum atomic E-state index is -4.61. The molecule has 0 aromatic heterocycles. The van der Waals surface area contributed by atoms with E-state index in [2.05, 4.69) is 50.3 Å². The number of allylic oxidation sites excluding steroid dienone is 6. The lowest BCUT2D eigenvalue weighted by atomic mass is 10.00. The minimum Gasteiger partial charge on any atom is -0.462 e. The van der Waals surface area contributed by atoms with E-state index >= 15 is 0 Å². The van der Waals surface area contributed by atoms with Gasteiger partial charge in [-0.2, -0.15) is 8.42 Å². The first kappa shape index (κ1) is 60.9. The SMILES string of the molecule is CCCC/C=C/C/C=C/CCCCCCCC(=O)O[C@H](COC(=O)CCC/C=C/CCCCCCCCCCCCCCCCCCCC)CO[C@H]1O[C@H](CS(=O)(=O)O)[C@@H](O)C(O)C1O. The highest BCUT2D eigenvalue weighted by Gasteiger charge is 2.46. The van der Waals surface area contributed by atoms with E-state index in [9.17, 15) is 37.9 Å². The predicted molar refractivity (Wildman–Crippen MR) is 261 cm³/mol. The first-order valence-corrected chi connectivity index (χ1v) is 27.7. The number of esters is 2. The van der Waals surface area contributed by atoms with Crippen molar-refractivity contribution in [3.8, 4) is 0 Å². The number of ether oxygens (including phenoxy) is 4. The molecule has 1 rings (SSSR count). The van der Waals surface area contributed by atoms with Crippen LogP contribution in [0.2, 0.25) is 0 Å². The summed E-state index contributed by atoms with van der Waals surface area (Å²) in [7, 11) is -4.61. The second-order valence-corrected chi connectivity index (χ2v) is 19.7. The van der Waals surface area contributed by atoms with Crippen molar-refractivity contribution < 1.29 is 56.8 Å². The number of rotatable bonds is 44. The smallest absolute Gasteiger partial charge is 0.306 e. The van der Waals surface area contributed by atoms with Gasteiger partial charge in [0.05, 0.1) is 6.61 Å². The Kier molecular flexibility index (Phi) is 39.4. The highest BCUT2D eigenvalue weighted by Crippen LogP contribution is 2.24. The maximum Gasteiger partial charge on any atom is 0.306 e. The summed E-state index contributed by atoms with van der Waals surface area (Å²) in [6.45, 7) is 3.71. The quantitative estimate of drug-likeness (QED) is 0.0196. The van der Waals surface area contributed by atoms with E-state index in [0.717, 1.165) is 57.8 Å². The van der Waals surface area contributed by atoms with Gasteiger partial charge in [0.2, 0.25) is 0 Å². The van der Waals surface area contributed by atoms with E-state index in [1.807, 2.05) is 0 Å². The lowest BCUT2D eigenvalue weighted by molar-refractivity contribution is -0.297. The highest BCUT2D eigenvalue weighted by molar-refractivity contribution is 7.85. The Morgan fingerprint density at radius 1 is 0.523 bits per heavy atom. The van der Waals surface area contributed by atoms with Gasteiger partial charge in [0.1, 0.15) is 36.8 Å². The first-order valence-electron chi connectivity index (χ1n) is 26.0. The molecular weight excluding hydrogens is 849 g/mol. The van der Waals surface area contributed by atoms with Crippen molar-refractivity contribution in [3.05, 3.63) is 36.5 Å². The Labute approximate surface area is 395 Å². The molecule has 4 N–H and O–H groups in total. The molecule has 0 aromatic carbocycles. The molecule has 0 radical (unpaired) electrons. The first-order chi connectivity index (χ1) is 31.5. The van der Waals surface area contributed by atoms with E-state index < -0.39 is 71.2 Å². The summed E-state index contributed by atoms with van der Waals surface area (Å²) in [5.41, 5.74) is 0. The second-order valence-electron chi connectivity index (χ2n) is 18.2. The largest absolute Gasteiger partial charge is 0.462 e. The fraction of sp³-hybridized carbons (Fsp3) is 0.846. The van der Waals surface area contributed by atoms with Crippen LogP contribution >= 0.6 is 0 Å². The summed E-state index contributed by atoms with van der Waals surface area (Å²) in [6, 6.07) is 0. The summed E-state index contributed by atoms with van der Waals surface area (Å²) in [5.74, 6) is -2.04. The van der Waals surface area contributed by atoms with Gasteiger partial charge in [0, 0.05) is 12.8 Å². The van der Waals surface area contributed by atoms with Gasteiger partial charge in [0.25, 0.3) is 10.1 Å². The molecule has 6 atom stereocenters. The van der Waals surface area contributed by atoms with Gasteiger partial charge < -0.3 is 34.3 Å². The fourth-order valence-electron chi connectivity index (χ4n) is 7.88. The number of aliphatic hydroxyl groups excluding tert-OH is 3. The van der Waals surface area contributed by atoms with Gasteiger partial charge in [-0.25, -0.2) is 0 Å². The molecule has 0 bridgehead atoms. The molecule has 380 valence electrons. The van der Waals surface area contributed by atoms with Gasteiger partial charge in [-0.15, -0.1) is 0 Å². The van der Waals surface area contributed by atoms with Gasteiger partial charge in [0.15, 0.2) is 12.4 Å². The Bertz CT molecular complexity index is 1330. The van der Waals surface area contributed by atoms with E-state index in [0.29, 0.717) is 12.8 Å². The third-order valence-corrected chi connectivity index (χ3v) is 12.7. The number of aliphatic hydroxyl groups is 3. The minimum absolute atomic E-state index is 0.143. The van der Waals surface area contributed by atoms with Crippen LogP contribution in [-0.2, 0) is 38.7 Å². The molecule has 65 heavy (non-hydrogen) atoms. The van der Waals surface area contributed by atoms with Crippen LogP contribution in [0.25, 0.3) is 0 Å². The van der Waals surface area contributed by atoms with Crippen molar-refractivity contribution in [1.29, 1.82) is 0 Å². The molecule has 1 aliphatic heterocycles. The third-order valence-electron chi connectivity index (χ3n) is 11.9. The van der Waals surface area contributed by atoms with Crippen molar-refractivity contribution in [1.82, 2.24) is 0 Å². The topological polar surface area (TPSA) is 186 Å². The Morgan fingerprint density at radius 2 is 0.954 bits per heavy atom. The number of hydrogen-bond acceptors (Lipinski definition) is 11. The summed E-state index contributed by atoms with van der Waals surface area (Å²) in [5, 5.41) is 30.9. The molecule has 0 aliphatic carbocycles. The zero-order valence-corrected chi connectivity index (χ0v) is 41.7. The van der Waals surface area contributed by atoms with Crippen LogP contribution in [0.4, 0.5) is 0 Å². The number of unbranched alkanes of at least 4 members (excludes halogenated alkanes) is 26. The number of hydrogen-bond donors (Lipinski definition) is 4. The molecule has 13 heteroatoms. The van der Waals surface area contributed by atoms with Crippen LogP contribution in [0.3, 0.4) is 0 Å². The van der Waals surface area contributed by atoms with Crippen molar-refractivity contribution in [2.24, 2.45) is 0 Å². The lowest BCUT2D eigenvalue weighted by Crippen LogP contribution is -2.60. The number of carbonyl (C=O) groups is 2. The standard InChI is InChI=1S/C52H94O12S/c1-3-5-7-9-11-13-15-17-19-20-21-22-23-24-25-26-27-29-30-32-34-36-38-40-47(53)61-42-45(43-62-52-51(57)50(56)49(55)46(64-52)44-65(58,59)60)63-48(54)41-39-37-35-33-31-28-18-16-14-12-10-8-6-4-2/h10,12,16,18,32,34,45-46,49-52,55-57H,3-9,11,13-15,17,19-31,33,35-44H2,1-2H3,(H,58,59,60)/b12-10+,18-16+,34-32+/t45-,46-,49-,50?,51?,52+/m1/s1. The monoisotopic (exact) mass is 943 g/mol. The zero-order valence-electron chi connectivity index (χ0n) is 40.8. The molecule has 0 aromatic rings.